The number of halogens is 3. The molecule has 21 nitrogen and oxygen atoms in total. The average Bonchev–Trinajstić information content (AvgIpc) is 1.61. The Balaban J connectivity index is 0.000000376. The summed E-state index contributed by atoms with van der Waals surface area (Å²) in [5.41, 5.74) is 2.66. The minimum atomic E-state index is -0.512. The fraction of sp³-hybridized carbons (Fsp3) is 0.589. The Morgan fingerprint density at radius 1 is 0.582 bits per heavy atom. The van der Waals surface area contributed by atoms with Crippen molar-refractivity contribution < 1.29 is 62.2 Å². The molecule has 0 radical (unpaired) electrons. The van der Waals surface area contributed by atoms with Gasteiger partial charge in [-0.3, -0.25) is 86.0 Å². The summed E-state index contributed by atoms with van der Waals surface area (Å²) in [7, 11) is 0. The Bertz CT molecular complexity index is 3380. The van der Waals surface area contributed by atoms with Crippen LogP contribution in [0.15, 0.2) is 97.8 Å². The molecule has 3 fully saturated rings. The van der Waals surface area contributed by atoms with Gasteiger partial charge < -0.3 is 14.4 Å². The third kappa shape index (κ3) is 23.5. The molecule has 1 aromatic heterocycles. The highest BCUT2D eigenvalue weighted by Gasteiger charge is 2.54. The number of nitrogens with zero attached hydrogens (tertiary/aromatic N) is 7. The quantitative estimate of drug-likeness (QED) is 0.135. The molecule has 3 saturated heterocycles. The number of hydrogen-bond donors (Lipinski definition) is 0. The van der Waals surface area contributed by atoms with Gasteiger partial charge in [0.05, 0.1) is 34.0 Å². The van der Waals surface area contributed by atoms with Crippen LogP contribution in [0.1, 0.15) is 199 Å². The smallest absolute Gasteiger partial charge is 0.274 e. The Morgan fingerprint density at radius 3 is 1.23 bits per heavy atom. The van der Waals surface area contributed by atoms with E-state index in [4.69, 9.17) is 44.3 Å². The minimum Gasteiger partial charge on any atom is -0.369 e. The van der Waals surface area contributed by atoms with E-state index >= 15 is 0 Å². The van der Waals surface area contributed by atoms with Gasteiger partial charge >= 0.3 is 0 Å². The van der Waals surface area contributed by atoms with Gasteiger partial charge in [0, 0.05) is 89.9 Å². The molecule has 25 heteroatoms. The van der Waals surface area contributed by atoms with Crippen LogP contribution in [0.2, 0.25) is 0 Å². The molecule has 8 aliphatic heterocycles. The number of rotatable bonds is 8. The molecule has 0 saturated carbocycles. The first-order chi connectivity index (χ1) is 44.8. The fourth-order valence-electron chi connectivity index (χ4n) is 11.0. The van der Waals surface area contributed by atoms with Crippen LogP contribution >= 0.6 is 46.3 Å². The number of aromatic nitrogens is 1. The van der Waals surface area contributed by atoms with E-state index in [0.29, 0.717) is 57.8 Å². The van der Waals surface area contributed by atoms with Gasteiger partial charge in [0.2, 0.25) is 5.91 Å². The summed E-state index contributed by atoms with van der Waals surface area (Å²) in [6.07, 6.45) is 10.3. The zero-order valence-corrected chi connectivity index (χ0v) is 65.3. The summed E-state index contributed by atoms with van der Waals surface area (Å²) in [6, 6.07) is 7.98. The number of imide groups is 5. The predicted octanol–water partition coefficient (Wildman–Crippen LogP) is 13.0. The van der Waals surface area contributed by atoms with Gasteiger partial charge in [0.25, 0.3) is 64.6 Å². The molecule has 0 spiro atoms. The lowest BCUT2D eigenvalue weighted by Crippen LogP contribution is -2.37. The third-order valence-electron chi connectivity index (χ3n) is 16.0. The maximum atomic E-state index is 11.7. The van der Waals surface area contributed by atoms with E-state index < -0.39 is 17.7 Å². The molecule has 1 aromatic carbocycles. The summed E-state index contributed by atoms with van der Waals surface area (Å²) in [4.78, 5) is 142. The van der Waals surface area contributed by atoms with Gasteiger partial charge in [-0.2, -0.15) is 0 Å². The first-order valence-electron chi connectivity index (χ1n) is 33.1. The number of fused-ring (bicyclic) bond motifs is 1. The van der Waals surface area contributed by atoms with E-state index in [-0.39, 0.29) is 110 Å². The van der Waals surface area contributed by atoms with E-state index in [2.05, 4.69) is 82.7 Å². The Labute approximate surface area is 599 Å². The van der Waals surface area contributed by atoms with E-state index in [1.165, 1.54) is 50.5 Å². The Hall–Kier alpha value is -6.69. The van der Waals surface area contributed by atoms with Gasteiger partial charge in [0.1, 0.15) is 15.1 Å². The molecular weight excluding hydrogens is 1340 g/mol. The molecule has 8 aliphatic rings. The standard InChI is InChI=1S/C10H11NOS.C10H17NO.C9H13NO2.C8H11NO2.C8H16O.C7H7Cl2NO2.C7H8ClNO2.C7H9NO2.C7H14O/c1-7(2)11-10(12)8-5-3-4-6-9(8)13-11;1-4-10(12)11-7-5-6-9(11)8(2)3;1-5(2)10-8(11)6(3)7(4)9(10)12;1-5(2)9-7(10)4-6(3)8(9)11;1-7(2,3)6-8(4,5)9-6;1-3(2)10-6(11)4(8)5(9)7(10)12;1-4(2)9-6(10)3-5(8)7(9)11;1-5(2)8-6(9)3-4-7(8)10;1-5-6(8-5)7(2,3)4/h3-7H,1-2H3;4,8-9H,1,5-7H2,2-3H3;5H,1-4H3;4-5H,1-3H3;6H,1-5H3;3H,1-2H3;3-4H,1-2H3;3-5H,1-2H3;5-6H,1-4H3. The van der Waals surface area contributed by atoms with Crippen LogP contribution in [0, 0.1) is 16.7 Å². The lowest BCUT2D eigenvalue weighted by atomic mass is 9.86. The zero-order chi connectivity index (χ0) is 76.0. The van der Waals surface area contributed by atoms with E-state index in [1.54, 1.807) is 48.5 Å². The van der Waals surface area contributed by atoms with Crippen LogP contribution in [-0.2, 0) is 62.2 Å². The fourth-order valence-corrected chi connectivity index (χ4v) is 12.5. The van der Waals surface area contributed by atoms with Crippen molar-refractivity contribution in [2.75, 3.05) is 6.54 Å². The highest BCUT2D eigenvalue weighted by Crippen LogP contribution is 2.46. The number of benzene rings is 1. The van der Waals surface area contributed by atoms with Gasteiger partial charge in [0.15, 0.2) is 0 Å². The van der Waals surface area contributed by atoms with Crippen LogP contribution in [0.4, 0.5) is 0 Å². The van der Waals surface area contributed by atoms with E-state index in [9.17, 15) is 57.5 Å². The zero-order valence-electron chi connectivity index (χ0n) is 62.3. The molecule has 10 rings (SSSR count). The minimum absolute atomic E-state index is 0.00343. The second-order valence-corrected chi connectivity index (χ2v) is 31.3. The summed E-state index contributed by atoms with van der Waals surface area (Å²) >= 11 is 17.9. The summed E-state index contributed by atoms with van der Waals surface area (Å²) < 4.78 is 13.6. The molecular formula is C73H106Cl3N7O14S. The second-order valence-electron chi connectivity index (χ2n) is 29.1. The largest absolute Gasteiger partial charge is 0.369 e. The Morgan fingerprint density at radius 2 is 0.990 bits per heavy atom. The van der Waals surface area contributed by atoms with Crippen molar-refractivity contribution in [1.29, 1.82) is 0 Å². The topological polar surface area (TPSA) is 254 Å². The highest BCUT2D eigenvalue weighted by molar-refractivity contribution is 7.13. The van der Waals surface area contributed by atoms with Crippen LogP contribution in [0.5, 0.6) is 0 Å². The second kappa shape index (κ2) is 36.6. The van der Waals surface area contributed by atoms with Crippen LogP contribution in [0.25, 0.3) is 10.1 Å². The number of hydrogen-bond acceptors (Lipinski definition) is 15. The number of carbonyl (C=O) groups is 11. The highest BCUT2D eigenvalue weighted by atomic mass is 35.5. The molecule has 9 heterocycles. The Kier molecular flexibility index (Phi) is 32.6. The molecule has 98 heavy (non-hydrogen) atoms. The van der Waals surface area contributed by atoms with Crippen molar-refractivity contribution in [3.8, 4) is 0 Å². The van der Waals surface area contributed by atoms with Crippen LogP contribution in [-0.4, -0.2) is 165 Å². The molecule has 0 bridgehead atoms. The van der Waals surface area contributed by atoms with E-state index in [0.717, 1.165) is 45.3 Å². The lowest BCUT2D eigenvalue weighted by Gasteiger charge is -2.26. The first-order valence-corrected chi connectivity index (χ1v) is 35.0. The first kappa shape index (κ1) is 87.4. The molecule has 0 N–H and O–H groups in total. The van der Waals surface area contributed by atoms with Crippen molar-refractivity contribution >= 4 is 121 Å². The number of likely N-dealkylation sites (tertiary alicyclic amines) is 1. The molecule has 544 valence electrons. The molecule has 2 aromatic rings. The molecule has 11 amide bonds. The van der Waals surface area contributed by atoms with Gasteiger partial charge in [-0.05, 0) is 172 Å². The van der Waals surface area contributed by atoms with Crippen LogP contribution < -0.4 is 5.56 Å². The van der Waals surface area contributed by atoms with Crippen LogP contribution in [0.3, 0.4) is 0 Å². The monoisotopic (exact) mass is 1440 g/mol. The predicted molar refractivity (Wildman–Crippen MR) is 387 cm³/mol. The summed E-state index contributed by atoms with van der Waals surface area (Å²) in [6.45, 7) is 55.4. The van der Waals surface area contributed by atoms with Crippen molar-refractivity contribution in [3.63, 3.8) is 0 Å². The maximum Gasteiger partial charge on any atom is 0.274 e. The normalized spacial score (nSPS) is 20.8. The van der Waals surface area contributed by atoms with Crippen molar-refractivity contribution in [3.05, 3.63) is 103 Å². The average molecular weight is 1440 g/mol. The lowest BCUT2D eigenvalue weighted by molar-refractivity contribution is -0.141. The van der Waals surface area contributed by atoms with Crippen molar-refractivity contribution in [2.45, 2.75) is 259 Å². The summed E-state index contributed by atoms with van der Waals surface area (Å²) in [5.74, 6) is -2.15. The SMILES string of the molecule is C=CC(=O)N1CCCC1C(C)C.CC(C)(C)C1OC1(C)C.CC(C)N1C(=O)C(Cl)=C(Cl)C1=O.CC(C)N1C(=O)C=C(Cl)C1=O.CC(C)N1C(=O)C=CC1=O.CC(C)n1sc2ccccc2c1=O.CC1=C(C)C(=O)N(C(C)C)C1=O.CC1=CC(=O)N(C(C)C)C1=O.CC1OC1C(C)(C)C. The molecule has 0 aliphatic carbocycles. The van der Waals surface area contributed by atoms with Gasteiger partial charge in [-0.1, -0.05) is 120 Å². The number of amides is 11. The third-order valence-corrected chi connectivity index (χ3v) is 18.4. The molecule has 4 atom stereocenters. The number of epoxide rings is 2. The number of carbonyl (C=O) groups excluding carboxylic acids is 11. The molecule has 4 unspecified atom stereocenters. The van der Waals surface area contributed by atoms with E-state index in [1.807, 2.05) is 88.5 Å². The van der Waals surface area contributed by atoms with Crippen molar-refractivity contribution in [1.82, 2.24) is 33.4 Å². The summed E-state index contributed by atoms with van der Waals surface area (Å²) in [5, 5.41) is 0.468. The van der Waals surface area contributed by atoms with Crippen molar-refractivity contribution in [2.24, 2.45) is 16.7 Å². The van der Waals surface area contributed by atoms with Gasteiger partial charge in [-0.25, -0.2) is 0 Å². The maximum absolute atomic E-state index is 11.7. The van der Waals surface area contributed by atoms with Gasteiger partial charge in [-0.15, -0.1) is 0 Å². The number of ether oxygens (including phenoxy) is 2.